The van der Waals surface area contributed by atoms with E-state index in [4.69, 9.17) is 4.74 Å². The van der Waals surface area contributed by atoms with Gasteiger partial charge in [0, 0.05) is 13.5 Å². The van der Waals surface area contributed by atoms with Gasteiger partial charge in [0.15, 0.2) is 11.0 Å². The van der Waals surface area contributed by atoms with Crippen LogP contribution in [0.15, 0.2) is 70.7 Å². The summed E-state index contributed by atoms with van der Waals surface area (Å²) in [6.07, 6.45) is 3.93. The number of hydrogen-bond donors (Lipinski definition) is 0. The number of aryl methyl sites for hydroxylation is 1. The third-order valence-corrected chi connectivity index (χ3v) is 6.31. The van der Waals surface area contributed by atoms with Gasteiger partial charge in [-0.15, -0.1) is 0 Å². The number of carbonyl (C=O) groups is 1. The summed E-state index contributed by atoms with van der Waals surface area (Å²) in [5.41, 5.74) is 1.68. The van der Waals surface area contributed by atoms with Crippen molar-refractivity contribution in [2.75, 3.05) is 13.2 Å². The number of carbonyl (C=O) groups excluding carboxylic acids is 1. The number of amides is 1. The zero-order valence-electron chi connectivity index (χ0n) is 19.5. The minimum Gasteiger partial charge on any atom is -0.489 e. The molecule has 0 saturated carbocycles. The maximum atomic E-state index is 13.0. The van der Waals surface area contributed by atoms with Crippen LogP contribution >= 0.6 is 11.8 Å². The minimum absolute atomic E-state index is 0.0517. The van der Waals surface area contributed by atoms with Gasteiger partial charge in [-0.05, 0) is 59.0 Å². The Kier molecular flexibility index (Phi) is 7.61. The molecule has 9 nitrogen and oxygen atoms in total. The van der Waals surface area contributed by atoms with E-state index in [1.165, 1.54) is 22.5 Å². The molecule has 0 N–H and O–H groups in total. The molecule has 1 aliphatic rings. The van der Waals surface area contributed by atoms with Crippen LogP contribution in [-0.2, 0) is 11.3 Å². The Morgan fingerprint density at radius 2 is 1.89 bits per heavy atom. The largest absolute Gasteiger partial charge is 0.489 e. The Balaban J connectivity index is 1.42. The monoisotopic (exact) mass is 491 g/mol. The number of rotatable bonds is 9. The second-order valence-electron chi connectivity index (χ2n) is 7.79. The van der Waals surface area contributed by atoms with Gasteiger partial charge in [-0.3, -0.25) is 9.69 Å². The van der Waals surface area contributed by atoms with Gasteiger partial charge in [-0.1, -0.05) is 37.3 Å². The Morgan fingerprint density at radius 3 is 2.57 bits per heavy atom. The van der Waals surface area contributed by atoms with E-state index in [1.807, 2.05) is 67.6 Å². The lowest BCUT2D eigenvalue weighted by atomic mass is 10.2. The molecule has 180 valence electrons. The Labute approximate surface area is 207 Å². The van der Waals surface area contributed by atoms with E-state index in [0.717, 1.165) is 17.7 Å². The summed E-state index contributed by atoms with van der Waals surface area (Å²) in [6, 6.07) is 17.0. The van der Waals surface area contributed by atoms with Crippen LogP contribution in [0.2, 0.25) is 0 Å². The molecule has 3 aromatic rings. The quantitative estimate of drug-likeness (QED) is 0.232. The normalized spacial score (nSPS) is 15.8. The highest BCUT2D eigenvalue weighted by molar-refractivity contribution is 8.18. The number of imidazole rings is 1. The fourth-order valence-corrected chi connectivity index (χ4v) is 4.59. The number of ether oxygens (including phenoxy) is 1. The second kappa shape index (κ2) is 11.0. The molecule has 2 heterocycles. The zero-order valence-corrected chi connectivity index (χ0v) is 20.3. The van der Waals surface area contributed by atoms with Gasteiger partial charge in [-0.25, -0.2) is 14.5 Å². The van der Waals surface area contributed by atoms with Gasteiger partial charge < -0.3 is 14.9 Å². The van der Waals surface area contributed by atoms with Crippen molar-refractivity contribution >= 4 is 40.4 Å². The molecule has 0 bridgehead atoms. The molecule has 1 amide bonds. The van der Waals surface area contributed by atoms with Crippen LogP contribution in [0.25, 0.3) is 6.08 Å². The van der Waals surface area contributed by atoms with Crippen molar-refractivity contribution < 1.29 is 14.5 Å². The Hall–Kier alpha value is -3.92. The maximum Gasteiger partial charge on any atom is 0.342 e. The number of aliphatic imine (C=N–C) groups is 1. The van der Waals surface area contributed by atoms with Crippen molar-refractivity contribution in [3.05, 3.63) is 87.2 Å². The molecule has 0 aliphatic carbocycles. The van der Waals surface area contributed by atoms with Crippen molar-refractivity contribution in [3.8, 4) is 5.75 Å². The van der Waals surface area contributed by atoms with E-state index < -0.39 is 4.92 Å². The molecular weight excluding hydrogens is 466 g/mol. The first kappa shape index (κ1) is 24.2. The first-order valence-electron chi connectivity index (χ1n) is 11.2. The van der Waals surface area contributed by atoms with E-state index in [-0.39, 0.29) is 18.3 Å². The lowest BCUT2D eigenvalue weighted by Crippen LogP contribution is -2.29. The van der Waals surface area contributed by atoms with Gasteiger partial charge in [0.1, 0.15) is 25.1 Å². The van der Waals surface area contributed by atoms with Crippen LogP contribution in [0, 0.1) is 17.0 Å². The molecule has 4 rings (SSSR count). The zero-order chi connectivity index (χ0) is 24.8. The topological polar surface area (TPSA) is 103 Å². The summed E-state index contributed by atoms with van der Waals surface area (Å²) in [5, 5.41) is 11.8. The summed E-state index contributed by atoms with van der Waals surface area (Å²) in [4.78, 5) is 34.6. The number of nitrogens with zero attached hydrogens (tertiary/aromatic N) is 5. The third-order valence-electron chi connectivity index (χ3n) is 5.30. The Bertz CT molecular complexity index is 1270. The van der Waals surface area contributed by atoms with Crippen LogP contribution in [0.5, 0.6) is 5.75 Å². The van der Waals surface area contributed by atoms with Gasteiger partial charge in [-0.2, -0.15) is 0 Å². The number of para-hydroxylation sites is 1. The Morgan fingerprint density at radius 1 is 1.14 bits per heavy atom. The van der Waals surface area contributed by atoms with Crippen molar-refractivity contribution in [3.63, 3.8) is 0 Å². The van der Waals surface area contributed by atoms with Crippen molar-refractivity contribution in [2.45, 2.75) is 26.8 Å². The molecule has 1 fully saturated rings. The fraction of sp³-hybridized carbons (Fsp3) is 0.240. The molecular formula is C25H25N5O4S. The summed E-state index contributed by atoms with van der Waals surface area (Å²) in [7, 11) is 0. The summed E-state index contributed by atoms with van der Waals surface area (Å²) < 4.78 is 7.27. The predicted molar refractivity (Wildman–Crippen MR) is 137 cm³/mol. The number of amidine groups is 1. The first-order chi connectivity index (χ1) is 17.0. The van der Waals surface area contributed by atoms with E-state index >= 15 is 0 Å². The summed E-state index contributed by atoms with van der Waals surface area (Å²) in [6.45, 7) is 4.93. The molecule has 0 spiro atoms. The summed E-state index contributed by atoms with van der Waals surface area (Å²) >= 11 is 1.37. The van der Waals surface area contributed by atoms with Crippen LogP contribution in [0.1, 0.15) is 24.7 Å². The van der Waals surface area contributed by atoms with Crippen molar-refractivity contribution in [1.29, 1.82) is 0 Å². The molecule has 0 radical (unpaired) electrons. The maximum absolute atomic E-state index is 13.0. The number of nitro groups is 1. The third kappa shape index (κ3) is 5.78. The average molecular weight is 492 g/mol. The van der Waals surface area contributed by atoms with Crippen LogP contribution in [0.4, 0.5) is 11.5 Å². The molecule has 0 atom stereocenters. The molecule has 10 heteroatoms. The minimum atomic E-state index is -0.456. The van der Waals surface area contributed by atoms with Crippen LogP contribution in [0.3, 0.4) is 0 Å². The SMILES string of the molecule is CCCN1C(=O)/C(=C/c2ccc(OCCn3c([N+](=O)[O-])cnc3C)cc2)SC1=Nc1ccccc1. The average Bonchev–Trinajstić information content (AvgIpc) is 3.36. The number of aromatic nitrogens is 2. The molecule has 0 unspecified atom stereocenters. The number of benzene rings is 2. The van der Waals surface area contributed by atoms with Gasteiger partial charge in [0.05, 0.1) is 10.6 Å². The van der Waals surface area contributed by atoms with Gasteiger partial charge in [0.25, 0.3) is 5.91 Å². The molecule has 35 heavy (non-hydrogen) atoms. The number of hydrogen-bond acceptors (Lipinski definition) is 7. The highest BCUT2D eigenvalue weighted by atomic mass is 32.2. The highest BCUT2D eigenvalue weighted by Crippen LogP contribution is 2.34. The van der Waals surface area contributed by atoms with Crippen LogP contribution in [-0.4, -0.2) is 43.6 Å². The highest BCUT2D eigenvalue weighted by Gasteiger charge is 2.32. The lowest BCUT2D eigenvalue weighted by molar-refractivity contribution is -0.392. The van der Waals surface area contributed by atoms with E-state index in [0.29, 0.717) is 34.7 Å². The fourth-order valence-electron chi connectivity index (χ4n) is 3.57. The van der Waals surface area contributed by atoms with Crippen molar-refractivity contribution in [1.82, 2.24) is 14.5 Å². The van der Waals surface area contributed by atoms with Gasteiger partial charge in [0.2, 0.25) is 0 Å². The molecule has 2 aromatic carbocycles. The number of thioether (sulfide) groups is 1. The standard InChI is InChI=1S/C25H25N5O4S/c1-3-13-29-24(31)22(35-25(29)27-20-7-5-4-6-8-20)16-19-9-11-21(12-10-19)34-15-14-28-18(2)26-17-23(28)30(32)33/h4-12,16-17H,3,13-15H2,1-2H3/b22-16-,27-25?. The smallest absolute Gasteiger partial charge is 0.342 e. The van der Waals surface area contributed by atoms with E-state index in [1.54, 1.807) is 11.8 Å². The van der Waals surface area contributed by atoms with Crippen LogP contribution < -0.4 is 4.74 Å². The van der Waals surface area contributed by atoms with Crippen molar-refractivity contribution in [2.24, 2.45) is 4.99 Å². The summed E-state index contributed by atoms with van der Waals surface area (Å²) in [5.74, 6) is 1.09. The lowest BCUT2D eigenvalue weighted by Gasteiger charge is -2.13. The predicted octanol–water partition coefficient (Wildman–Crippen LogP) is 5.19. The van der Waals surface area contributed by atoms with E-state index in [2.05, 4.69) is 9.98 Å². The van der Waals surface area contributed by atoms with Gasteiger partial charge >= 0.3 is 5.82 Å². The molecule has 1 aromatic heterocycles. The van der Waals surface area contributed by atoms with E-state index in [9.17, 15) is 14.9 Å². The second-order valence-corrected chi connectivity index (χ2v) is 8.80. The first-order valence-corrected chi connectivity index (χ1v) is 12.0. The molecule has 1 saturated heterocycles. The molecule has 1 aliphatic heterocycles.